The zero-order valence-electron chi connectivity index (χ0n) is 44.5. The third-order valence-corrected chi connectivity index (χ3v) is 16.0. The highest BCUT2D eigenvalue weighted by atomic mass is 16.5. The maximum Gasteiger partial charge on any atom is 0.324 e. The molecule has 16 nitrogen and oxygen atoms in total. The lowest BCUT2D eigenvalue weighted by Crippen LogP contribution is -2.62. The topological polar surface area (TPSA) is 162 Å². The van der Waals surface area contributed by atoms with Crippen molar-refractivity contribution in [1.82, 2.24) is 40.0 Å². The molecule has 0 aliphatic carbocycles. The zero-order valence-corrected chi connectivity index (χ0v) is 44.5. The number of pyridine rings is 1. The summed E-state index contributed by atoms with van der Waals surface area (Å²) >= 11 is 0. The maximum atomic E-state index is 14.9. The molecule has 0 spiro atoms. The van der Waals surface area contributed by atoms with E-state index in [2.05, 4.69) is 82.0 Å². The van der Waals surface area contributed by atoms with E-state index in [0.717, 1.165) is 84.5 Å². The van der Waals surface area contributed by atoms with Gasteiger partial charge in [-0.05, 0) is 133 Å². The summed E-state index contributed by atoms with van der Waals surface area (Å²) in [6.07, 6.45) is 6.98. The van der Waals surface area contributed by atoms with Gasteiger partial charge in [-0.15, -0.1) is 0 Å². The molecular weight excluding hydrogens is 911 g/mol. The zero-order chi connectivity index (χ0) is 51.6. The molecule has 3 aromatic rings. The van der Waals surface area contributed by atoms with Gasteiger partial charge in [0.1, 0.15) is 18.1 Å². The van der Waals surface area contributed by atoms with Crippen LogP contribution in [0.15, 0.2) is 36.5 Å². The molecule has 0 unspecified atom stereocenters. The highest BCUT2D eigenvalue weighted by Gasteiger charge is 2.41. The molecule has 6 atom stereocenters. The lowest BCUT2D eigenvalue weighted by atomic mass is 9.84. The van der Waals surface area contributed by atoms with Crippen molar-refractivity contribution in [3.63, 3.8) is 0 Å². The van der Waals surface area contributed by atoms with Crippen molar-refractivity contribution in [2.24, 2.45) is 23.2 Å². The lowest BCUT2D eigenvalue weighted by molar-refractivity contribution is -0.155. The third-order valence-electron chi connectivity index (χ3n) is 16.0. The summed E-state index contributed by atoms with van der Waals surface area (Å²) in [5, 5.41) is 5.79. The monoisotopic (exact) mass is 990 g/mol. The number of hydrogen-bond donors (Lipinski definition) is 2. The predicted octanol–water partition coefficient (Wildman–Crippen LogP) is 5.96. The van der Waals surface area contributed by atoms with Gasteiger partial charge >= 0.3 is 5.97 Å². The summed E-state index contributed by atoms with van der Waals surface area (Å²) in [7, 11) is 3.35. The Labute approximate surface area is 426 Å². The van der Waals surface area contributed by atoms with Crippen molar-refractivity contribution in [1.29, 1.82) is 0 Å². The van der Waals surface area contributed by atoms with Crippen molar-refractivity contribution in [2.75, 3.05) is 71.5 Å². The van der Waals surface area contributed by atoms with Crippen LogP contribution in [-0.4, -0.2) is 149 Å². The summed E-state index contributed by atoms with van der Waals surface area (Å²) in [4.78, 5) is 83.8. The molecule has 390 valence electrons. The number of fused-ring (bicyclic) bond motifs is 6. The van der Waals surface area contributed by atoms with Crippen LogP contribution in [0.1, 0.15) is 118 Å². The molecule has 5 aliphatic heterocycles. The molecule has 0 radical (unpaired) electrons. The fourth-order valence-corrected chi connectivity index (χ4v) is 11.7. The van der Waals surface area contributed by atoms with Crippen molar-refractivity contribution in [3.8, 4) is 23.1 Å². The Morgan fingerprint density at radius 2 is 1.78 bits per heavy atom. The fourth-order valence-electron chi connectivity index (χ4n) is 11.7. The largest absolute Gasteiger partial charge is 0.464 e. The number of rotatable bonds is 10. The first-order valence-corrected chi connectivity index (χ1v) is 26.6. The molecule has 6 bridgehead atoms. The van der Waals surface area contributed by atoms with E-state index in [1.165, 1.54) is 9.91 Å². The number of aromatic nitrogens is 2. The number of esters is 1. The Morgan fingerprint density at radius 1 is 1.01 bits per heavy atom. The van der Waals surface area contributed by atoms with Crippen LogP contribution < -0.4 is 15.6 Å². The van der Waals surface area contributed by atoms with Crippen LogP contribution in [0.4, 0.5) is 5.69 Å². The van der Waals surface area contributed by atoms with Crippen LogP contribution in [0.5, 0.6) is 0 Å². The molecule has 4 fully saturated rings. The van der Waals surface area contributed by atoms with Gasteiger partial charge in [0, 0.05) is 100 Å². The predicted molar refractivity (Wildman–Crippen MR) is 278 cm³/mol. The van der Waals surface area contributed by atoms with Crippen molar-refractivity contribution in [3.05, 3.63) is 47.8 Å². The number of nitrogens with one attached hydrogen (secondary N) is 2. The molecule has 2 aromatic heterocycles. The Hall–Kier alpha value is -5.50. The maximum absolute atomic E-state index is 14.9. The summed E-state index contributed by atoms with van der Waals surface area (Å²) in [5.74, 6) is 3.57. The van der Waals surface area contributed by atoms with Gasteiger partial charge in [-0.3, -0.25) is 38.9 Å². The number of hydrazine groups is 1. The Bertz CT molecular complexity index is 2570. The molecule has 5 aliphatic rings. The number of nitrogens with zero attached hydrogens (tertiary/aromatic N) is 7. The van der Waals surface area contributed by atoms with E-state index < -0.39 is 46.9 Å². The van der Waals surface area contributed by atoms with Crippen molar-refractivity contribution in [2.45, 2.75) is 143 Å². The van der Waals surface area contributed by atoms with Crippen molar-refractivity contribution < 1.29 is 33.4 Å². The van der Waals surface area contributed by atoms with Gasteiger partial charge < -0.3 is 34.1 Å². The van der Waals surface area contributed by atoms with Gasteiger partial charge in [0.2, 0.25) is 11.8 Å². The highest BCUT2D eigenvalue weighted by molar-refractivity contribution is 5.96. The van der Waals surface area contributed by atoms with Crippen molar-refractivity contribution >= 4 is 46.2 Å². The minimum absolute atomic E-state index is 0.0364. The lowest BCUT2D eigenvalue weighted by Gasteiger charge is -2.41. The SMILES string of the molecule is CCn1c(-c2cccnc2[C@H](C)OC)c2c3cc(ccc31)N1CCC[C@@H](C[C@H](NC(=O)[C@H](C(C)C)N(C)C(=O)[C@H]3CCN(C(=O)C#CC(C)(C)N4CCC4)C3)C(=O)N3CCC[C@H](N3)C(=O)OCC(C)(C)C2)C1. The Morgan fingerprint density at radius 3 is 2.49 bits per heavy atom. The van der Waals surface area contributed by atoms with Gasteiger partial charge in [-0.2, -0.15) is 0 Å². The fraction of sp³-hybridized carbons (Fsp3) is 0.643. The van der Waals surface area contributed by atoms with Crippen LogP contribution in [0.2, 0.25) is 0 Å². The number of methoxy groups -OCH3 is 1. The number of carbonyl (C=O) groups excluding carboxylic acids is 5. The number of amides is 4. The average molecular weight is 990 g/mol. The van der Waals surface area contributed by atoms with Crippen LogP contribution >= 0.6 is 0 Å². The van der Waals surface area contributed by atoms with Gasteiger partial charge in [-0.25, -0.2) is 5.43 Å². The first-order valence-electron chi connectivity index (χ1n) is 26.6. The molecule has 2 N–H and O–H groups in total. The molecule has 4 saturated heterocycles. The van der Waals surface area contributed by atoms with E-state index in [9.17, 15) is 24.0 Å². The molecule has 72 heavy (non-hydrogen) atoms. The Balaban J connectivity index is 1.08. The number of likely N-dealkylation sites (N-methyl/N-ethyl adjacent to an activating group) is 1. The first kappa shape index (κ1) is 52.8. The van der Waals surface area contributed by atoms with Gasteiger partial charge in [-0.1, -0.05) is 33.6 Å². The molecular formula is C56H79N9O7. The van der Waals surface area contributed by atoms with Gasteiger partial charge in [0.25, 0.3) is 11.8 Å². The number of carbonyl (C=O) groups is 5. The van der Waals surface area contributed by atoms with E-state index in [4.69, 9.17) is 14.5 Å². The molecule has 1 aromatic carbocycles. The van der Waals surface area contributed by atoms with Crippen LogP contribution in [0.3, 0.4) is 0 Å². The van der Waals surface area contributed by atoms with Gasteiger partial charge in [0.15, 0.2) is 0 Å². The Kier molecular flexibility index (Phi) is 16.1. The van der Waals surface area contributed by atoms with Crippen LogP contribution in [0, 0.1) is 35.0 Å². The second kappa shape index (κ2) is 21.9. The summed E-state index contributed by atoms with van der Waals surface area (Å²) in [5.41, 5.74) is 8.62. The minimum atomic E-state index is -0.940. The first-order chi connectivity index (χ1) is 34.3. The summed E-state index contributed by atoms with van der Waals surface area (Å²) < 4.78 is 14.4. The second-order valence-corrected chi connectivity index (χ2v) is 22.6. The minimum Gasteiger partial charge on any atom is -0.464 e. The smallest absolute Gasteiger partial charge is 0.324 e. The highest BCUT2D eigenvalue weighted by Crippen LogP contribution is 2.42. The summed E-state index contributed by atoms with van der Waals surface area (Å²) in [6.45, 7) is 21.6. The molecule has 8 rings (SSSR count). The number of aryl methyl sites for hydroxylation is 1. The molecule has 4 amide bonds. The number of benzene rings is 1. The van der Waals surface area contributed by atoms with E-state index in [-0.39, 0.29) is 48.8 Å². The summed E-state index contributed by atoms with van der Waals surface area (Å²) in [6, 6.07) is 8.24. The molecule has 16 heteroatoms. The normalized spacial score (nSPS) is 23.9. The number of ether oxygens (including phenoxy) is 2. The van der Waals surface area contributed by atoms with Crippen LogP contribution in [0.25, 0.3) is 22.2 Å². The number of likely N-dealkylation sites (tertiary alicyclic amines) is 2. The number of piperidine rings is 1. The number of hydrogen-bond acceptors (Lipinski definition) is 11. The molecule has 7 heterocycles. The van der Waals surface area contributed by atoms with E-state index in [1.54, 1.807) is 19.1 Å². The van der Waals surface area contributed by atoms with Crippen LogP contribution in [-0.2, 0) is 46.4 Å². The average Bonchev–Trinajstić information content (AvgIpc) is 3.96. The van der Waals surface area contributed by atoms with E-state index in [0.29, 0.717) is 51.7 Å². The standard InChI is InChI=1S/C56H79N9O7/c1-11-64-46-20-19-40-31-42(46)43(50(64)41-17-12-24-57-48(41)37(4)71-10)32-55(5,6)35-72-54(70)44-18-14-28-65(59-44)53(69)45(30-38-16-13-25-61(40)33-38)58-51(67)49(36(2)3)60(9)52(68)39-22-29-62(34-39)47(66)21-23-56(7,8)63-26-15-27-63/h12,17,19-20,24,31,36-39,44-45,49,59H,11,13-16,18,22,25-30,32-35H2,1-10H3,(H,58,67)/t37-,38-,39-,44-,45-,49-/m0/s1. The third kappa shape index (κ3) is 11.2. The quantitative estimate of drug-likeness (QED) is 0.182. The van der Waals surface area contributed by atoms with E-state index in [1.807, 2.05) is 46.9 Å². The molecule has 0 saturated carbocycles. The second-order valence-electron chi connectivity index (χ2n) is 22.6. The van der Waals surface area contributed by atoms with Gasteiger partial charge in [0.05, 0.1) is 35.6 Å². The number of cyclic esters (lactones) is 1. The van der Waals surface area contributed by atoms with E-state index >= 15 is 0 Å². The number of anilines is 1.